The second-order valence-corrected chi connectivity index (χ2v) is 10.2. The van der Waals surface area contributed by atoms with E-state index in [0.717, 1.165) is 41.4 Å². The molecule has 4 aromatic rings. The van der Waals surface area contributed by atoms with Gasteiger partial charge in [-0.1, -0.05) is 12.1 Å². The lowest BCUT2D eigenvalue weighted by Gasteiger charge is -2.30. The molecule has 1 saturated carbocycles. The van der Waals surface area contributed by atoms with E-state index in [4.69, 9.17) is 4.74 Å². The standard InChI is InChI=1S/C25H23N5O3S/c1-2-34(31,32)29-18-9-7-17(8-10-18)24-22(16-26)21-12-11-20(33-25-27-13-4-14-28-25)15-23(21)30(24)19-5-3-6-19/h4,7-15,19,29H,2-3,5-6H2,1H3. The van der Waals surface area contributed by atoms with Crippen molar-refractivity contribution in [2.75, 3.05) is 10.5 Å². The summed E-state index contributed by atoms with van der Waals surface area (Å²) in [7, 11) is -3.36. The monoisotopic (exact) mass is 473 g/mol. The molecular formula is C25H23N5O3S. The van der Waals surface area contributed by atoms with Crippen molar-refractivity contribution in [1.82, 2.24) is 14.5 Å². The van der Waals surface area contributed by atoms with Crippen LogP contribution in [-0.4, -0.2) is 28.7 Å². The minimum Gasteiger partial charge on any atom is -0.424 e. The molecule has 34 heavy (non-hydrogen) atoms. The van der Waals surface area contributed by atoms with Gasteiger partial charge in [0.15, 0.2) is 0 Å². The van der Waals surface area contributed by atoms with Crippen molar-refractivity contribution in [3.8, 4) is 29.1 Å². The smallest absolute Gasteiger partial charge is 0.321 e. The van der Waals surface area contributed by atoms with E-state index in [1.54, 1.807) is 37.5 Å². The second kappa shape index (κ2) is 8.80. The minimum atomic E-state index is -3.36. The lowest BCUT2D eigenvalue weighted by atomic mass is 9.92. The SMILES string of the molecule is CCS(=O)(=O)Nc1ccc(-c2c(C#N)c3ccc(Oc4ncccn4)cc3n2C2CCC2)cc1. The van der Waals surface area contributed by atoms with Crippen LogP contribution < -0.4 is 9.46 Å². The summed E-state index contributed by atoms with van der Waals surface area (Å²) >= 11 is 0. The van der Waals surface area contributed by atoms with Crippen molar-refractivity contribution in [3.63, 3.8) is 0 Å². The van der Waals surface area contributed by atoms with Gasteiger partial charge in [-0.15, -0.1) is 0 Å². The van der Waals surface area contributed by atoms with Crippen molar-refractivity contribution < 1.29 is 13.2 Å². The highest BCUT2D eigenvalue weighted by Gasteiger charge is 2.28. The first-order valence-electron chi connectivity index (χ1n) is 11.1. The van der Waals surface area contributed by atoms with Gasteiger partial charge in [0.05, 0.1) is 22.5 Å². The van der Waals surface area contributed by atoms with Gasteiger partial charge in [-0.3, -0.25) is 4.72 Å². The summed E-state index contributed by atoms with van der Waals surface area (Å²) in [4.78, 5) is 8.25. The Morgan fingerprint density at radius 2 is 1.88 bits per heavy atom. The van der Waals surface area contributed by atoms with Crippen molar-refractivity contribution in [2.45, 2.75) is 32.2 Å². The van der Waals surface area contributed by atoms with E-state index >= 15 is 0 Å². The van der Waals surface area contributed by atoms with Crippen molar-refractivity contribution in [2.24, 2.45) is 0 Å². The molecule has 2 heterocycles. The van der Waals surface area contributed by atoms with E-state index in [9.17, 15) is 13.7 Å². The number of aromatic nitrogens is 3. The molecule has 2 aromatic heterocycles. The third-order valence-corrected chi connectivity index (χ3v) is 7.40. The molecule has 0 bridgehead atoms. The summed E-state index contributed by atoms with van der Waals surface area (Å²) in [6, 6.07) is 17.5. The molecule has 0 aliphatic heterocycles. The van der Waals surface area contributed by atoms with Gasteiger partial charge in [-0.2, -0.15) is 5.26 Å². The maximum atomic E-state index is 11.9. The number of fused-ring (bicyclic) bond motifs is 1. The molecule has 0 unspecified atom stereocenters. The number of hydrogen-bond acceptors (Lipinski definition) is 6. The van der Waals surface area contributed by atoms with Gasteiger partial charge in [0.25, 0.3) is 0 Å². The van der Waals surface area contributed by atoms with E-state index in [1.165, 1.54) is 0 Å². The minimum absolute atomic E-state index is 0.00166. The molecule has 1 aliphatic carbocycles. The number of rotatable bonds is 7. The highest BCUT2D eigenvalue weighted by Crippen LogP contribution is 2.43. The molecular weight excluding hydrogens is 450 g/mol. The third-order valence-electron chi connectivity index (χ3n) is 6.09. The average Bonchev–Trinajstić information content (AvgIpc) is 3.12. The Labute approximate surface area is 197 Å². The molecule has 1 aliphatic rings. The zero-order valence-electron chi connectivity index (χ0n) is 18.6. The first-order valence-corrected chi connectivity index (χ1v) is 12.8. The summed E-state index contributed by atoms with van der Waals surface area (Å²) in [6.07, 6.45) is 6.44. The Kier molecular flexibility index (Phi) is 5.67. The normalized spacial score (nSPS) is 13.9. The molecule has 0 amide bonds. The van der Waals surface area contributed by atoms with Crippen LogP contribution in [0.5, 0.6) is 11.8 Å². The fourth-order valence-corrected chi connectivity index (χ4v) is 4.81. The molecule has 0 atom stereocenters. The number of nitrogens with zero attached hydrogens (tertiary/aromatic N) is 4. The van der Waals surface area contributed by atoms with Gasteiger partial charge in [0, 0.05) is 35.6 Å². The van der Waals surface area contributed by atoms with Crippen molar-refractivity contribution in [1.29, 1.82) is 5.26 Å². The van der Waals surface area contributed by atoms with Crippen LogP contribution >= 0.6 is 0 Å². The average molecular weight is 474 g/mol. The van der Waals surface area contributed by atoms with Crippen LogP contribution in [0.1, 0.15) is 37.8 Å². The summed E-state index contributed by atoms with van der Waals surface area (Å²) in [5.74, 6) is 0.596. The van der Waals surface area contributed by atoms with Crippen LogP contribution in [0.3, 0.4) is 0 Å². The Morgan fingerprint density at radius 3 is 2.50 bits per heavy atom. The molecule has 2 aromatic carbocycles. The largest absolute Gasteiger partial charge is 0.424 e. The summed E-state index contributed by atoms with van der Waals surface area (Å²) in [5, 5.41) is 10.9. The lowest BCUT2D eigenvalue weighted by Crippen LogP contribution is -2.18. The van der Waals surface area contributed by atoms with Crippen LogP contribution in [0.2, 0.25) is 0 Å². The number of hydrogen-bond donors (Lipinski definition) is 1. The van der Waals surface area contributed by atoms with Gasteiger partial charge in [-0.25, -0.2) is 18.4 Å². The molecule has 0 saturated heterocycles. The number of nitrogens with one attached hydrogen (secondary N) is 1. The number of benzene rings is 2. The highest BCUT2D eigenvalue weighted by molar-refractivity contribution is 7.92. The summed E-state index contributed by atoms with van der Waals surface area (Å²) in [5.41, 5.74) is 3.69. The molecule has 172 valence electrons. The second-order valence-electron chi connectivity index (χ2n) is 8.19. The van der Waals surface area contributed by atoms with Crippen LogP contribution in [-0.2, 0) is 10.0 Å². The number of sulfonamides is 1. The molecule has 1 N–H and O–H groups in total. The van der Waals surface area contributed by atoms with Crippen LogP contribution in [0, 0.1) is 11.3 Å². The van der Waals surface area contributed by atoms with Gasteiger partial charge in [0.2, 0.25) is 10.0 Å². The fraction of sp³-hybridized carbons (Fsp3) is 0.240. The zero-order chi connectivity index (χ0) is 23.7. The summed E-state index contributed by atoms with van der Waals surface area (Å²) < 4.78 is 34.5. The number of ether oxygens (including phenoxy) is 1. The predicted molar refractivity (Wildman–Crippen MR) is 130 cm³/mol. The van der Waals surface area contributed by atoms with E-state index in [0.29, 0.717) is 17.0 Å². The van der Waals surface area contributed by atoms with Crippen LogP contribution in [0.4, 0.5) is 5.69 Å². The van der Waals surface area contributed by atoms with Crippen LogP contribution in [0.15, 0.2) is 60.9 Å². The van der Waals surface area contributed by atoms with E-state index in [2.05, 4.69) is 25.3 Å². The van der Waals surface area contributed by atoms with Gasteiger partial charge in [0.1, 0.15) is 11.8 Å². The molecule has 8 nitrogen and oxygen atoms in total. The first-order chi connectivity index (χ1) is 16.5. The molecule has 1 fully saturated rings. The zero-order valence-corrected chi connectivity index (χ0v) is 19.4. The van der Waals surface area contributed by atoms with Crippen LogP contribution in [0.25, 0.3) is 22.2 Å². The third kappa shape index (κ3) is 4.08. The number of anilines is 1. The maximum absolute atomic E-state index is 11.9. The molecule has 0 spiro atoms. The van der Waals surface area contributed by atoms with E-state index < -0.39 is 10.0 Å². The lowest BCUT2D eigenvalue weighted by molar-refractivity contribution is 0.324. The quantitative estimate of drug-likeness (QED) is 0.393. The molecule has 9 heteroatoms. The van der Waals surface area contributed by atoms with Gasteiger partial charge >= 0.3 is 6.01 Å². The first kappa shape index (κ1) is 21.9. The van der Waals surface area contributed by atoms with Crippen molar-refractivity contribution in [3.05, 3.63) is 66.5 Å². The van der Waals surface area contributed by atoms with Crippen molar-refractivity contribution >= 4 is 26.6 Å². The fourth-order valence-electron chi connectivity index (χ4n) is 4.17. The topological polar surface area (TPSA) is 110 Å². The maximum Gasteiger partial charge on any atom is 0.321 e. The Morgan fingerprint density at radius 1 is 1.15 bits per heavy atom. The predicted octanol–water partition coefficient (Wildman–Crippen LogP) is 5.25. The molecule has 0 radical (unpaired) electrons. The highest BCUT2D eigenvalue weighted by atomic mass is 32.2. The Bertz CT molecular complexity index is 1490. The molecule has 5 rings (SSSR count). The van der Waals surface area contributed by atoms with Gasteiger partial charge in [-0.05, 0) is 62.1 Å². The van der Waals surface area contributed by atoms with E-state index in [1.807, 2.05) is 30.3 Å². The Hall–Kier alpha value is -3.90. The van der Waals surface area contributed by atoms with E-state index in [-0.39, 0.29) is 17.8 Å². The summed E-state index contributed by atoms with van der Waals surface area (Å²) in [6.45, 7) is 1.59. The van der Waals surface area contributed by atoms with Gasteiger partial charge < -0.3 is 9.30 Å². The number of nitriles is 1. The Balaban J connectivity index is 1.61.